The molecular formula is C25H28N4O2. The average molecular weight is 417 g/mol. The summed E-state index contributed by atoms with van der Waals surface area (Å²) in [7, 11) is 0. The molecule has 0 radical (unpaired) electrons. The Morgan fingerprint density at radius 3 is 2.29 bits per heavy atom. The van der Waals surface area contributed by atoms with Gasteiger partial charge in [-0.3, -0.25) is 9.59 Å². The molecule has 1 saturated carbocycles. The van der Waals surface area contributed by atoms with E-state index in [1.54, 1.807) is 24.3 Å². The van der Waals surface area contributed by atoms with E-state index in [1.807, 2.05) is 18.2 Å². The number of hydrogen-bond donors (Lipinski definition) is 2. The van der Waals surface area contributed by atoms with Crippen LogP contribution in [0.3, 0.4) is 0 Å². The van der Waals surface area contributed by atoms with Gasteiger partial charge in [0, 0.05) is 11.6 Å². The van der Waals surface area contributed by atoms with E-state index in [9.17, 15) is 9.59 Å². The van der Waals surface area contributed by atoms with Crippen molar-refractivity contribution in [3.8, 4) is 0 Å². The van der Waals surface area contributed by atoms with Gasteiger partial charge in [0.1, 0.15) is 0 Å². The van der Waals surface area contributed by atoms with Gasteiger partial charge < -0.3 is 10.6 Å². The zero-order valence-corrected chi connectivity index (χ0v) is 18.1. The average Bonchev–Trinajstić information content (AvgIpc) is 3.31. The summed E-state index contributed by atoms with van der Waals surface area (Å²) in [5.74, 6) is -0.422. The van der Waals surface area contributed by atoms with Crippen LogP contribution in [0.2, 0.25) is 0 Å². The zero-order chi connectivity index (χ0) is 21.8. The van der Waals surface area contributed by atoms with Gasteiger partial charge in [-0.05, 0) is 56.0 Å². The van der Waals surface area contributed by atoms with Crippen LogP contribution in [0.25, 0.3) is 11.0 Å². The second-order valence-corrected chi connectivity index (χ2v) is 7.98. The van der Waals surface area contributed by atoms with E-state index in [1.165, 1.54) is 0 Å². The van der Waals surface area contributed by atoms with Gasteiger partial charge in [-0.2, -0.15) is 0 Å². The Kier molecular flexibility index (Phi) is 6.26. The summed E-state index contributed by atoms with van der Waals surface area (Å²) in [5.41, 5.74) is 4.90. The van der Waals surface area contributed by atoms with Gasteiger partial charge in [-0.15, -0.1) is 0 Å². The highest BCUT2D eigenvalue weighted by atomic mass is 16.2. The molecule has 0 atom stereocenters. The summed E-state index contributed by atoms with van der Waals surface area (Å²) in [6.45, 7) is 4.12. The maximum absolute atomic E-state index is 13.0. The number of rotatable bonds is 6. The van der Waals surface area contributed by atoms with Crippen molar-refractivity contribution in [2.45, 2.75) is 58.4 Å². The molecular weight excluding hydrogens is 388 g/mol. The minimum atomic E-state index is -0.276. The molecule has 6 nitrogen and oxygen atoms in total. The van der Waals surface area contributed by atoms with Gasteiger partial charge >= 0.3 is 0 Å². The number of nitrogens with zero attached hydrogens (tertiary/aromatic N) is 2. The molecule has 2 amide bonds. The SMILES string of the molecule is CCc1nc2ccc(C(=O)Nc3ccccc3C(=O)NC3CCCC3)cc2nc1CC. The van der Waals surface area contributed by atoms with E-state index in [0.29, 0.717) is 22.3 Å². The number of fused-ring (bicyclic) bond motifs is 1. The van der Waals surface area contributed by atoms with Crippen molar-refractivity contribution >= 4 is 28.5 Å². The molecule has 1 fully saturated rings. The number of carbonyl (C=O) groups is 2. The van der Waals surface area contributed by atoms with Crippen molar-refractivity contribution in [3.63, 3.8) is 0 Å². The van der Waals surface area contributed by atoms with Gasteiger partial charge in [0.05, 0.1) is 33.7 Å². The zero-order valence-electron chi connectivity index (χ0n) is 18.1. The molecule has 1 aliphatic rings. The fourth-order valence-electron chi connectivity index (χ4n) is 4.15. The largest absolute Gasteiger partial charge is 0.349 e. The number of carbonyl (C=O) groups excluding carboxylic acids is 2. The Morgan fingerprint density at radius 1 is 0.903 bits per heavy atom. The van der Waals surface area contributed by atoms with Crippen molar-refractivity contribution in [3.05, 3.63) is 65.0 Å². The maximum atomic E-state index is 13.0. The van der Waals surface area contributed by atoms with Crippen LogP contribution >= 0.6 is 0 Å². The fourth-order valence-corrected chi connectivity index (χ4v) is 4.15. The monoisotopic (exact) mass is 416 g/mol. The van der Waals surface area contributed by atoms with Crippen LogP contribution < -0.4 is 10.6 Å². The lowest BCUT2D eigenvalue weighted by molar-refractivity contribution is 0.0938. The van der Waals surface area contributed by atoms with Crippen LogP contribution in [0, 0.1) is 0 Å². The first-order valence-corrected chi connectivity index (χ1v) is 11.1. The number of nitrogens with one attached hydrogen (secondary N) is 2. The van der Waals surface area contributed by atoms with E-state index >= 15 is 0 Å². The fraction of sp³-hybridized carbons (Fsp3) is 0.360. The van der Waals surface area contributed by atoms with Crippen LogP contribution in [-0.4, -0.2) is 27.8 Å². The number of hydrogen-bond acceptors (Lipinski definition) is 4. The summed E-state index contributed by atoms with van der Waals surface area (Å²) < 4.78 is 0. The third-order valence-corrected chi connectivity index (χ3v) is 5.86. The van der Waals surface area contributed by atoms with Gasteiger partial charge in [0.25, 0.3) is 11.8 Å². The molecule has 1 aromatic heterocycles. The second kappa shape index (κ2) is 9.25. The number of para-hydroxylation sites is 1. The molecule has 4 rings (SSSR count). The van der Waals surface area contributed by atoms with E-state index in [-0.39, 0.29) is 17.9 Å². The summed E-state index contributed by atoms with van der Waals surface area (Å²) in [4.78, 5) is 35.1. The highest BCUT2D eigenvalue weighted by Gasteiger charge is 2.20. The van der Waals surface area contributed by atoms with Crippen molar-refractivity contribution in [2.75, 3.05) is 5.32 Å². The quantitative estimate of drug-likeness (QED) is 0.611. The molecule has 1 aliphatic carbocycles. The standard InChI is InChI=1S/C25H28N4O2/c1-3-19-20(4-2)28-23-15-16(13-14-22(23)27-19)24(30)29-21-12-8-7-11-18(21)25(31)26-17-9-5-6-10-17/h7-8,11-15,17H,3-6,9-10H2,1-2H3,(H,26,31)(H,29,30). The van der Waals surface area contributed by atoms with E-state index in [0.717, 1.165) is 55.4 Å². The molecule has 0 bridgehead atoms. The third-order valence-electron chi connectivity index (χ3n) is 5.86. The number of aromatic nitrogens is 2. The number of anilines is 1. The molecule has 1 heterocycles. The predicted octanol–water partition coefficient (Wildman–Crippen LogP) is 4.68. The highest BCUT2D eigenvalue weighted by Crippen LogP contribution is 2.22. The van der Waals surface area contributed by atoms with Crippen LogP contribution in [0.1, 0.15) is 71.6 Å². The molecule has 0 spiro atoms. The Labute approximate surface area is 182 Å². The van der Waals surface area contributed by atoms with Crippen LogP contribution in [0.4, 0.5) is 5.69 Å². The minimum Gasteiger partial charge on any atom is -0.349 e. The normalized spacial score (nSPS) is 14.0. The predicted molar refractivity (Wildman–Crippen MR) is 122 cm³/mol. The lowest BCUT2D eigenvalue weighted by Crippen LogP contribution is -2.33. The molecule has 2 N–H and O–H groups in total. The number of amides is 2. The smallest absolute Gasteiger partial charge is 0.255 e. The summed E-state index contributed by atoms with van der Waals surface area (Å²) in [5, 5.41) is 5.99. The minimum absolute atomic E-state index is 0.146. The van der Waals surface area contributed by atoms with Crippen LogP contribution in [0.15, 0.2) is 42.5 Å². The van der Waals surface area contributed by atoms with E-state index < -0.39 is 0 Å². The lowest BCUT2D eigenvalue weighted by atomic mass is 10.1. The third kappa shape index (κ3) is 4.58. The Hall–Kier alpha value is -3.28. The van der Waals surface area contributed by atoms with Crippen molar-refractivity contribution in [1.82, 2.24) is 15.3 Å². The summed E-state index contributed by atoms with van der Waals surface area (Å²) in [6, 6.07) is 12.7. The van der Waals surface area contributed by atoms with E-state index in [4.69, 9.17) is 4.98 Å². The van der Waals surface area contributed by atoms with Gasteiger partial charge in [0.2, 0.25) is 0 Å². The first-order valence-electron chi connectivity index (χ1n) is 11.1. The molecule has 160 valence electrons. The maximum Gasteiger partial charge on any atom is 0.255 e. The van der Waals surface area contributed by atoms with Crippen LogP contribution in [0.5, 0.6) is 0 Å². The Bertz CT molecular complexity index is 1120. The highest BCUT2D eigenvalue weighted by molar-refractivity contribution is 6.09. The Balaban J connectivity index is 1.57. The van der Waals surface area contributed by atoms with Crippen molar-refractivity contribution < 1.29 is 9.59 Å². The second-order valence-electron chi connectivity index (χ2n) is 7.98. The van der Waals surface area contributed by atoms with Crippen LogP contribution in [-0.2, 0) is 12.8 Å². The molecule has 6 heteroatoms. The molecule has 0 saturated heterocycles. The summed E-state index contributed by atoms with van der Waals surface area (Å²) in [6.07, 6.45) is 5.94. The first-order chi connectivity index (χ1) is 15.1. The van der Waals surface area contributed by atoms with Gasteiger partial charge in [-0.1, -0.05) is 38.8 Å². The summed E-state index contributed by atoms with van der Waals surface area (Å²) >= 11 is 0. The molecule has 0 unspecified atom stereocenters. The first kappa shape index (κ1) is 21.0. The molecule has 3 aromatic rings. The molecule has 31 heavy (non-hydrogen) atoms. The van der Waals surface area contributed by atoms with Gasteiger partial charge in [0.15, 0.2) is 0 Å². The van der Waals surface area contributed by atoms with Crippen molar-refractivity contribution in [1.29, 1.82) is 0 Å². The van der Waals surface area contributed by atoms with Crippen molar-refractivity contribution in [2.24, 2.45) is 0 Å². The van der Waals surface area contributed by atoms with Gasteiger partial charge in [-0.25, -0.2) is 9.97 Å². The Morgan fingerprint density at radius 2 is 1.58 bits per heavy atom. The molecule has 0 aliphatic heterocycles. The lowest BCUT2D eigenvalue weighted by Gasteiger charge is -2.15. The number of benzene rings is 2. The topological polar surface area (TPSA) is 84.0 Å². The number of aryl methyl sites for hydroxylation is 2. The van der Waals surface area contributed by atoms with E-state index in [2.05, 4.69) is 29.5 Å². The molecule has 2 aromatic carbocycles.